The van der Waals surface area contributed by atoms with Crippen LogP contribution in [0.4, 0.5) is 0 Å². The maximum atomic E-state index is 12.7. The lowest BCUT2D eigenvalue weighted by molar-refractivity contribution is -0.116. The number of hydrogen-bond donors (Lipinski definition) is 1. The average Bonchev–Trinajstić information content (AvgIpc) is 3.30. The van der Waals surface area contributed by atoms with Gasteiger partial charge in [0.15, 0.2) is 0 Å². The fourth-order valence-electron chi connectivity index (χ4n) is 4.44. The third-order valence-electron chi connectivity index (χ3n) is 6.32. The third kappa shape index (κ3) is 5.69. The Labute approximate surface area is 206 Å². The minimum Gasteiger partial charge on any atom is -0.497 e. The number of amides is 1. The molecular formula is C28H34N2O5. The first-order valence-corrected chi connectivity index (χ1v) is 12.1. The van der Waals surface area contributed by atoms with Crippen molar-refractivity contribution in [2.75, 3.05) is 53.1 Å². The molecular weight excluding hydrogens is 444 g/mol. The topological polar surface area (TPSA) is 73.2 Å². The Balaban J connectivity index is 1.62. The van der Waals surface area contributed by atoms with E-state index >= 15 is 0 Å². The van der Waals surface area contributed by atoms with Crippen molar-refractivity contribution in [1.82, 2.24) is 10.2 Å². The van der Waals surface area contributed by atoms with E-state index in [0.29, 0.717) is 13.2 Å². The van der Waals surface area contributed by atoms with Crippen LogP contribution < -0.4 is 14.8 Å². The van der Waals surface area contributed by atoms with Crippen molar-refractivity contribution in [3.63, 3.8) is 0 Å². The molecule has 0 radical (unpaired) electrons. The summed E-state index contributed by atoms with van der Waals surface area (Å²) in [7, 11) is 1.66. The summed E-state index contributed by atoms with van der Waals surface area (Å²) in [4.78, 5) is 15.0. The summed E-state index contributed by atoms with van der Waals surface area (Å²) in [5.74, 6) is 1.40. The summed E-state index contributed by atoms with van der Waals surface area (Å²) >= 11 is 0. The fraction of sp³-hybridized carbons (Fsp3) is 0.393. The molecule has 1 amide bonds. The number of rotatable bonds is 9. The second-order valence-electron chi connectivity index (χ2n) is 8.64. The normalized spacial score (nSPS) is 14.8. The second-order valence-corrected chi connectivity index (χ2v) is 8.64. The van der Waals surface area contributed by atoms with Gasteiger partial charge in [0.2, 0.25) is 5.91 Å². The van der Waals surface area contributed by atoms with Crippen molar-refractivity contribution in [3.05, 3.63) is 53.8 Å². The lowest BCUT2D eigenvalue weighted by atomic mass is 9.96. The molecule has 7 nitrogen and oxygen atoms in total. The van der Waals surface area contributed by atoms with Gasteiger partial charge in [-0.1, -0.05) is 12.1 Å². The molecule has 0 aliphatic carbocycles. The number of nitrogens with zero attached hydrogens (tertiary/aromatic N) is 1. The largest absolute Gasteiger partial charge is 0.497 e. The van der Waals surface area contributed by atoms with Gasteiger partial charge in [-0.25, -0.2) is 0 Å². The van der Waals surface area contributed by atoms with Crippen LogP contribution in [0.25, 0.3) is 27.7 Å². The van der Waals surface area contributed by atoms with Crippen LogP contribution in [-0.4, -0.2) is 63.9 Å². The van der Waals surface area contributed by atoms with Gasteiger partial charge in [0.1, 0.15) is 17.1 Å². The number of hydrogen-bond acceptors (Lipinski definition) is 6. The summed E-state index contributed by atoms with van der Waals surface area (Å²) in [6, 6.07) is 9.95. The maximum Gasteiger partial charge on any atom is 0.244 e. The van der Waals surface area contributed by atoms with Crippen LogP contribution >= 0.6 is 0 Å². The van der Waals surface area contributed by atoms with E-state index < -0.39 is 0 Å². The summed E-state index contributed by atoms with van der Waals surface area (Å²) in [6.07, 6.45) is 3.41. The predicted octanol–water partition coefficient (Wildman–Crippen LogP) is 4.67. The molecule has 0 atom stereocenters. The monoisotopic (exact) mass is 478 g/mol. The Hall–Kier alpha value is -3.29. The molecule has 0 bridgehead atoms. The van der Waals surface area contributed by atoms with E-state index in [1.54, 1.807) is 19.4 Å². The Bertz CT molecular complexity index is 1210. The number of methoxy groups -OCH3 is 1. The quantitative estimate of drug-likeness (QED) is 0.451. The summed E-state index contributed by atoms with van der Waals surface area (Å²) in [5.41, 5.74) is 5.37. The number of ether oxygens (including phenoxy) is 3. The molecule has 1 aliphatic rings. The zero-order valence-corrected chi connectivity index (χ0v) is 21.0. The summed E-state index contributed by atoms with van der Waals surface area (Å²) < 4.78 is 22.8. The van der Waals surface area contributed by atoms with Gasteiger partial charge in [-0.15, -0.1) is 0 Å². The van der Waals surface area contributed by atoms with E-state index in [9.17, 15) is 4.79 Å². The van der Waals surface area contributed by atoms with Gasteiger partial charge in [0.05, 0.1) is 33.2 Å². The van der Waals surface area contributed by atoms with Crippen molar-refractivity contribution < 1.29 is 23.4 Å². The first-order chi connectivity index (χ1) is 17.0. The van der Waals surface area contributed by atoms with Crippen LogP contribution in [-0.2, 0) is 9.53 Å². The molecule has 1 aromatic heterocycles. The van der Waals surface area contributed by atoms with E-state index in [0.717, 1.165) is 83.1 Å². The van der Waals surface area contributed by atoms with Gasteiger partial charge in [0, 0.05) is 54.3 Å². The molecule has 2 heterocycles. The summed E-state index contributed by atoms with van der Waals surface area (Å²) in [6.45, 7) is 11.1. The van der Waals surface area contributed by atoms with Gasteiger partial charge in [-0.2, -0.15) is 0 Å². The van der Waals surface area contributed by atoms with E-state index in [1.165, 1.54) is 0 Å². The molecule has 35 heavy (non-hydrogen) atoms. The Kier molecular flexibility index (Phi) is 8.10. The van der Waals surface area contributed by atoms with Crippen LogP contribution in [0.1, 0.15) is 25.0 Å². The Morgan fingerprint density at radius 1 is 1.23 bits per heavy atom. The molecule has 2 aromatic carbocycles. The van der Waals surface area contributed by atoms with Crippen LogP contribution in [0.3, 0.4) is 0 Å². The maximum absolute atomic E-state index is 12.7. The fourth-order valence-corrected chi connectivity index (χ4v) is 4.44. The van der Waals surface area contributed by atoms with Gasteiger partial charge in [-0.05, 0) is 50.1 Å². The highest BCUT2D eigenvalue weighted by atomic mass is 16.5. The average molecular weight is 479 g/mol. The number of allylic oxidation sites excluding steroid dienone is 1. The molecule has 186 valence electrons. The number of aryl methyl sites for hydroxylation is 1. The van der Waals surface area contributed by atoms with Crippen molar-refractivity contribution in [3.8, 4) is 22.6 Å². The predicted molar refractivity (Wildman–Crippen MR) is 138 cm³/mol. The molecule has 1 fully saturated rings. The molecule has 0 unspecified atom stereocenters. The van der Waals surface area contributed by atoms with Crippen molar-refractivity contribution in [2.45, 2.75) is 20.8 Å². The van der Waals surface area contributed by atoms with E-state index in [1.807, 2.05) is 45.0 Å². The van der Waals surface area contributed by atoms with Gasteiger partial charge >= 0.3 is 0 Å². The number of fused-ring (bicyclic) bond motifs is 1. The lowest BCUT2D eigenvalue weighted by Gasteiger charge is -2.26. The highest BCUT2D eigenvalue weighted by Crippen LogP contribution is 2.41. The molecule has 3 aromatic rings. The van der Waals surface area contributed by atoms with Crippen LogP contribution in [0.5, 0.6) is 11.5 Å². The van der Waals surface area contributed by atoms with Crippen molar-refractivity contribution >= 4 is 22.4 Å². The minimum absolute atomic E-state index is 0.115. The molecule has 4 rings (SSSR count). The summed E-state index contributed by atoms with van der Waals surface area (Å²) in [5, 5.41) is 3.98. The number of benzene rings is 2. The Morgan fingerprint density at radius 3 is 2.77 bits per heavy atom. The standard InChI is InChI=1S/C28H34N2O5/c1-5-34-27-20(3)28-24(25(18-35-28)21-7-6-8-22(16-21)32-4)17-23(27)19(2)15-26(31)29-9-10-30-11-13-33-14-12-30/h6-8,15-18H,5,9-14H2,1-4H3,(H,29,31)/b19-15+. The lowest BCUT2D eigenvalue weighted by Crippen LogP contribution is -2.41. The van der Waals surface area contributed by atoms with Gasteiger partial charge in [-0.3, -0.25) is 9.69 Å². The molecule has 0 saturated carbocycles. The first-order valence-electron chi connectivity index (χ1n) is 12.1. The second kappa shape index (κ2) is 11.4. The zero-order chi connectivity index (χ0) is 24.8. The van der Waals surface area contributed by atoms with E-state index in [4.69, 9.17) is 18.6 Å². The molecule has 0 spiro atoms. The minimum atomic E-state index is -0.115. The molecule has 7 heteroatoms. The van der Waals surface area contributed by atoms with Crippen molar-refractivity contribution in [2.24, 2.45) is 0 Å². The molecule has 1 saturated heterocycles. The van der Waals surface area contributed by atoms with E-state index in [2.05, 4.69) is 16.3 Å². The van der Waals surface area contributed by atoms with Crippen LogP contribution in [0.15, 0.2) is 47.1 Å². The molecule has 1 N–H and O–H groups in total. The number of nitrogens with one attached hydrogen (secondary N) is 1. The Morgan fingerprint density at radius 2 is 2.03 bits per heavy atom. The highest BCUT2D eigenvalue weighted by molar-refractivity contribution is 6.01. The number of morpholine rings is 1. The third-order valence-corrected chi connectivity index (χ3v) is 6.32. The smallest absolute Gasteiger partial charge is 0.244 e. The first kappa shape index (κ1) is 24.8. The molecule has 1 aliphatic heterocycles. The van der Waals surface area contributed by atoms with Gasteiger partial charge in [0.25, 0.3) is 0 Å². The van der Waals surface area contributed by atoms with Crippen molar-refractivity contribution in [1.29, 1.82) is 0 Å². The van der Waals surface area contributed by atoms with Gasteiger partial charge < -0.3 is 23.9 Å². The van der Waals surface area contributed by atoms with Crippen LogP contribution in [0, 0.1) is 6.92 Å². The highest BCUT2D eigenvalue weighted by Gasteiger charge is 2.19. The zero-order valence-electron chi connectivity index (χ0n) is 21.0. The number of carbonyl (C=O) groups excluding carboxylic acids is 1. The van der Waals surface area contributed by atoms with E-state index in [-0.39, 0.29) is 5.91 Å². The number of furan rings is 1. The SMILES string of the molecule is CCOc1c(/C(C)=C/C(=O)NCCN2CCOCC2)cc2c(-c3cccc(OC)c3)coc2c1C. The number of carbonyl (C=O) groups is 1. The van der Waals surface area contributed by atoms with Crippen LogP contribution in [0.2, 0.25) is 0 Å².